The molecule has 7 heteroatoms. The molecule has 2 aromatic rings. The standard InChI is InChI=1S/C15H11Cl2F2NOS/c1-8-2-4-10(16)15(14(8)17)20-13(21)7-22-9-3-5-11(18)12(19)6-9/h2-6H,7H2,1H3,(H,20,21). The first-order chi connectivity index (χ1) is 10.4. The van der Waals surface area contributed by atoms with E-state index in [9.17, 15) is 13.6 Å². The summed E-state index contributed by atoms with van der Waals surface area (Å²) >= 11 is 13.2. The predicted molar refractivity (Wildman–Crippen MR) is 86.9 cm³/mol. The van der Waals surface area contributed by atoms with Crippen molar-refractivity contribution >= 4 is 46.6 Å². The number of thioether (sulfide) groups is 1. The normalized spacial score (nSPS) is 10.6. The van der Waals surface area contributed by atoms with E-state index in [2.05, 4.69) is 5.32 Å². The van der Waals surface area contributed by atoms with Crippen molar-refractivity contribution in [2.45, 2.75) is 11.8 Å². The Morgan fingerprint density at radius 2 is 1.91 bits per heavy atom. The van der Waals surface area contributed by atoms with E-state index in [1.165, 1.54) is 6.07 Å². The van der Waals surface area contributed by atoms with Crippen LogP contribution in [0, 0.1) is 18.6 Å². The molecule has 0 aliphatic rings. The highest BCUT2D eigenvalue weighted by Gasteiger charge is 2.12. The second-order valence-electron chi connectivity index (χ2n) is 4.47. The molecule has 2 rings (SSSR count). The molecule has 0 atom stereocenters. The van der Waals surface area contributed by atoms with E-state index in [0.29, 0.717) is 20.6 Å². The van der Waals surface area contributed by atoms with Crippen molar-refractivity contribution in [2.75, 3.05) is 11.1 Å². The Kier molecular flexibility index (Phi) is 5.67. The lowest BCUT2D eigenvalue weighted by molar-refractivity contribution is -0.113. The van der Waals surface area contributed by atoms with Gasteiger partial charge in [0.25, 0.3) is 0 Å². The van der Waals surface area contributed by atoms with E-state index in [4.69, 9.17) is 23.2 Å². The van der Waals surface area contributed by atoms with Crippen molar-refractivity contribution < 1.29 is 13.6 Å². The summed E-state index contributed by atoms with van der Waals surface area (Å²) in [4.78, 5) is 12.4. The topological polar surface area (TPSA) is 29.1 Å². The molecule has 0 aliphatic carbocycles. The van der Waals surface area contributed by atoms with Crippen LogP contribution in [0.5, 0.6) is 0 Å². The molecule has 1 N–H and O–H groups in total. The minimum absolute atomic E-state index is 0.0195. The highest BCUT2D eigenvalue weighted by Crippen LogP contribution is 2.33. The summed E-state index contributed by atoms with van der Waals surface area (Å²) in [6.45, 7) is 1.80. The molecular weight excluding hydrogens is 351 g/mol. The average molecular weight is 362 g/mol. The molecule has 0 aromatic heterocycles. The summed E-state index contributed by atoms with van der Waals surface area (Å²) in [5.41, 5.74) is 1.13. The fourth-order valence-corrected chi connectivity index (χ4v) is 2.85. The maximum atomic E-state index is 13.1. The second kappa shape index (κ2) is 7.31. The van der Waals surface area contributed by atoms with Crippen LogP contribution in [-0.2, 0) is 4.79 Å². The lowest BCUT2D eigenvalue weighted by Crippen LogP contribution is -2.15. The summed E-state index contributed by atoms with van der Waals surface area (Å²) in [5.74, 6) is -2.20. The molecule has 0 radical (unpaired) electrons. The molecule has 116 valence electrons. The van der Waals surface area contributed by atoms with Crippen LogP contribution in [-0.4, -0.2) is 11.7 Å². The SMILES string of the molecule is Cc1ccc(Cl)c(NC(=O)CSc2ccc(F)c(F)c2)c1Cl. The Hall–Kier alpha value is -1.30. The van der Waals surface area contributed by atoms with Crippen molar-refractivity contribution in [1.82, 2.24) is 0 Å². The molecule has 0 saturated carbocycles. The molecule has 0 aliphatic heterocycles. The number of benzene rings is 2. The number of carbonyl (C=O) groups is 1. The maximum absolute atomic E-state index is 13.1. The van der Waals surface area contributed by atoms with Crippen LogP contribution in [0.15, 0.2) is 35.2 Å². The Morgan fingerprint density at radius 3 is 2.59 bits per heavy atom. The number of anilines is 1. The lowest BCUT2D eigenvalue weighted by Gasteiger charge is -2.11. The van der Waals surface area contributed by atoms with Crippen LogP contribution in [0.1, 0.15) is 5.56 Å². The molecular formula is C15H11Cl2F2NOS. The van der Waals surface area contributed by atoms with Crippen LogP contribution >= 0.6 is 35.0 Å². The fraction of sp³-hybridized carbons (Fsp3) is 0.133. The molecule has 0 fully saturated rings. The van der Waals surface area contributed by atoms with Gasteiger partial charge in [0.1, 0.15) is 0 Å². The third-order valence-corrected chi connectivity index (χ3v) is 4.61. The van der Waals surface area contributed by atoms with Gasteiger partial charge >= 0.3 is 0 Å². The summed E-state index contributed by atoms with van der Waals surface area (Å²) in [5, 5.41) is 3.33. The van der Waals surface area contributed by atoms with Crippen molar-refractivity contribution in [2.24, 2.45) is 0 Å². The van der Waals surface area contributed by atoms with Crippen LogP contribution in [0.3, 0.4) is 0 Å². The van der Waals surface area contributed by atoms with Crippen LogP contribution in [0.4, 0.5) is 14.5 Å². The first-order valence-corrected chi connectivity index (χ1v) is 7.95. The number of nitrogens with one attached hydrogen (secondary N) is 1. The van der Waals surface area contributed by atoms with Gasteiger partial charge in [0, 0.05) is 4.90 Å². The first kappa shape index (κ1) is 17.1. The fourth-order valence-electron chi connectivity index (χ4n) is 1.66. The minimum atomic E-state index is -0.949. The number of hydrogen-bond acceptors (Lipinski definition) is 2. The van der Waals surface area contributed by atoms with Crippen molar-refractivity contribution in [1.29, 1.82) is 0 Å². The smallest absolute Gasteiger partial charge is 0.234 e. The Morgan fingerprint density at radius 1 is 1.18 bits per heavy atom. The zero-order valence-electron chi connectivity index (χ0n) is 11.4. The zero-order valence-corrected chi connectivity index (χ0v) is 13.8. The Bertz CT molecular complexity index is 725. The summed E-state index contributed by atoms with van der Waals surface area (Å²) in [6.07, 6.45) is 0. The van der Waals surface area contributed by atoms with Crippen LogP contribution < -0.4 is 5.32 Å². The highest BCUT2D eigenvalue weighted by atomic mass is 35.5. The number of carbonyl (C=O) groups excluding carboxylic acids is 1. The summed E-state index contributed by atoms with van der Waals surface area (Å²) in [6, 6.07) is 6.85. The summed E-state index contributed by atoms with van der Waals surface area (Å²) < 4.78 is 25.9. The predicted octanol–water partition coefficient (Wildman–Crippen LogP) is 5.31. The molecule has 2 nitrogen and oxygen atoms in total. The number of amides is 1. The first-order valence-electron chi connectivity index (χ1n) is 6.21. The maximum Gasteiger partial charge on any atom is 0.234 e. The largest absolute Gasteiger partial charge is 0.323 e. The van der Waals surface area contributed by atoms with Gasteiger partial charge in [-0.1, -0.05) is 29.3 Å². The number of rotatable bonds is 4. The van der Waals surface area contributed by atoms with Gasteiger partial charge < -0.3 is 5.32 Å². The number of halogens is 4. The average Bonchev–Trinajstić information content (AvgIpc) is 2.49. The van der Waals surface area contributed by atoms with Crippen molar-refractivity contribution in [3.8, 4) is 0 Å². The van der Waals surface area contributed by atoms with E-state index < -0.39 is 11.6 Å². The Labute approximate surface area is 140 Å². The van der Waals surface area contributed by atoms with E-state index in [0.717, 1.165) is 29.5 Å². The summed E-state index contributed by atoms with van der Waals surface area (Å²) in [7, 11) is 0. The molecule has 1 amide bonds. The van der Waals surface area contributed by atoms with E-state index in [-0.39, 0.29) is 11.7 Å². The highest BCUT2D eigenvalue weighted by molar-refractivity contribution is 8.00. The van der Waals surface area contributed by atoms with Gasteiger partial charge in [-0.25, -0.2) is 8.78 Å². The van der Waals surface area contributed by atoms with Gasteiger partial charge in [0.15, 0.2) is 11.6 Å². The van der Waals surface area contributed by atoms with E-state index in [1.54, 1.807) is 19.1 Å². The van der Waals surface area contributed by atoms with Crippen molar-refractivity contribution in [3.63, 3.8) is 0 Å². The monoisotopic (exact) mass is 361 g/mol. The molecule has 0 heterocycles. The molecule has 0 spiro atoms. The number of aryl methyl sites for hydroxylation is 1. The van der Waals surface area contributed by atoms with Gasteiger partial charge in [-0.05, 0) is 36.8 Å². The van der Waals surface area contributed by atoms with Gasteiger partial charge in [0.05, 0.1) is 21.5 Å². The quantitative estimate of drug-likeness (QED) is 0.747. The van der Waals surface area contributed by atoms with Gasteiger partial charge in [-0.3, -0.25) is 4.79 Å². The van der Waals surface area contributed by atoms with E-state index in [1.807, 2.05) is 0 Å². The molecule has 22 heavy (non-hydrogen) atoms. The third kappa shape index (κ3) is 4.12. The lowest BCUT2D eigenvalue weighted by atomic mass is 10.2. The Balaban J connectivity index is 2.02. The third-order valence-electron chi connectivity index (χ3n) is 2.81. The van der Waals surface area contributed by atoms with Gasteiger partial charge in [0.2, 0.25) is 5.91 Å². The van der Waals surface area contributed by atoms with Crippen LogP contribution in [0.2, 0.25) is 10.0 Å². The molecule has 2 aromatic carbocycles. The number of hydrogen-bond donors (Lipinski definition) is 1. The minimum Gasteiger partial charge on any atom is -0.323 e. The molecule has 0 unspecified atom stereocenters. The molecule has 0 bridgehead atoms. The second-order valence-corrected chi connectivity index (χ2v) is 6.30. The zero-order chi connectivity index (χ0) is 16.3. The van der Waals surface area contributed by atoms with Gasteiger partial charge in [-0.15, -0.1) is 11.8 Å². The van der Waals surface area contributed by atoms with Crippen molar-refractivity contribution in [3.05, 3.63) is 57.6 Å². The molecule has 0 saturated heterocycles. The van der Waals surface area contributed by atoms with Crippen LogP contribution in [0.25, 0.3) is 0 Å². The van der Waals surface area contributed by atoms with Gasteiger partial charge in [-0.2, -0.15) is 0 Å². The van der Waals surface area contributed by atoms with E-state index >= 15 is 0 Å².